The number of benzene rings is 2. The second kappa shape index (κ2) is 10.0. The topological polar surface area (TPSA) is 53.0 Å². The van der Waals surface area contributed by atoms with Gasteiger partial charge < -0.3 is 14.7 Å². The normalized spacial score (nSPS) is 22.0. The third kappa shape index (κ3) is 5.59. The van der Waals surface area contributed by atoms with Crippen molar-refractivity contribution in [3.05, 3.63) is 64.7 Å². The Kier molecular flexibility index (Phi) is 7.16. The van der Waals surface area contributed by atoms with E-state index in [4.69, 9.17) is 16.3 Å². The first-order valence-electron chi connectivity index (χ1n) is 11.1. The molecule has 0 aromatic heterocycles. The molecule has 0 radical (unpaired) electrons. The molecule has 2 fully saturated rings. The van der Waals surface area contributed by atoms with Crippen LogP contribution in [0.3, 0.4) is 0 Å². The van der Waals surface area contributed by atoms with Crippen LogP contribution in [0.25, 0.3) is 0 Å². The van der Waals surface area contributed by atoms with Crippen LogP contribution in [0.5, 0.6) is 5.75 Å². The number of carbonyl (C=O) groups excluding carboxylic acids is 1. The Hall–Kier alpha value is -2.08. The Labute approximate surface area is 189 Å². The lowest BCUT2D eigenvalue weighted by Gasteiger charge is -2.38. The highest BCUT2D eigenvalue weighted by Gasteiger charge is 2.33. The Balaban J connectivity index is 1.22. The molecule has 1 heterocycles. The van der Waals surface area contributed by atoms with Gasteiger partial charge in [-0.15, -0.1) is 0 Å². The number of ether oxygens (including phenoxy) is 1. The molecule has 0 spiro atoms. The molecular weight excluding hydrogens is 412 g/mol. The molecule has 1 N–H and O–H groups in total. The average molecular weight is 443 g/mol. The van der Waals surface area contributed by atoms with E-state index >= 15 is 0 Å². The van der Waals surface area contributed by atoms with Gasteiger partial charge in [-0.2, -0.15) is 0 Å². The van der Waals surface area contributed by atoms with Crippen molar-refractivity contribution in [1.29, 1.82) is 0 Å². The minimum Gasteiger partial charge on any atom is -0.490 e. The van der Waals surface area contributed by atoms with Crippen molar-refractivity contribution in [2.75, 3.05) is 26.7 Å². The van der Waals surface area contributed by atoms with Gasteiger partial charge in [0.15, 0.2) is 6.10 Å². The summed E-state index contributed by atoms with van der Waals surface area (Å²) in [7, 11) is 1.75. The van der Waals surface area contributed by atoms with E-state index in [2.05, 4.69) is 11.0 Å². The number of amides is 1. The van der Waals surface area contributed by atoms with Gasteiger partial charge in [0.1, 0.15) is 5.75 Å². The molecule has 1 saturated heterocycles. The highest BCUT2D eigenvalue weighted by atomic mass is 35.5. The van der Waals surface area contributed by atoms with E-state index in [0.29, 0.717) is 18.0 Å². The molecular formula is C25H31ClN2O3. The average Bonchev–Trinajstić information content (AvgIpc) is 3.26. The van der Waals surface area contributed by atoms with Crippen LogP contribution in [0.4, 0.5) is 0 Å². The van der Waals surface area contributed by atoms with Crippen molar-refractivity contribution in [2.24, 2.45) is 5.92 Å². The van der Waals surface area contributed by atoms with Gasteiger partial charge in [0.05, 0.1) is 6.10 Å². The van der Waals surface area contributed by atoms with E-state index in [-0.39, 0.29) is 12.0 Å². The molecule has 1 saturated carbocycles. The van der Waals surface area contributed by atoms with E-state index in [9.17, 15) is 9.90 Å². The van der Waals surface area contributed by atoms with Crippen LogP contribution in [0.15, 0.2) is 48.5 Å². The zero-order valence-corrected chi connectivity index (χ0v) is 18.8. The Morgan fingerprint density at radius 3 is 2.58 bits per heavy atom. The number of carbonyl (C=O) groups is 1. The third-order valence-electron chi connectivity index (χ3n) is 6.37. The molecule has 1 aliphatic heterocycles. The predicted octanol–water partition coefficient (Wildman–Crippen LogP) is 4.29. The van der Waals surface area contributed by atoms with Gasteiger partial charge in [-0.25, -0.2) is 0 Å². The molecule has 31 heavy (non-hydrogen) atoms. The molecule has 166 valence electrons. The summed E-state index contributed by atoms with van der Waals surface area (Å²) in [5.74, 6) is 0.922. The lowest BCUT2D eigenvalue weighted by Crippen LogP contribution is -2.43. The SMILES string of the molecule is CN(CC1CC(Oc2ccc(CN3CCCC3)c(Cl)c2)C1)C(=O)[C@@H](O)c1ccccc1. The van der Waals surface area contributed by atoms with Crippen molar-refractivity contribution in [1.82, 2.24) is 9.80 Å². The van der Waals surface area contributed by atoms with Crippen molar-refractivity contribution in [3.63, 3.8) is 0 Å². The predicted molar refractivity (Wildman–Crippen MR) is 122 cm³/mol. The second-order valence-corrected chi connectivity index (χ2v) is 9.25. The number of likely N-dealkylation sites (N-methyl/N-ethyl adjacent to an activating group) is 1. The molecule has 0 bridgehead atoms. The Morgan fingerprint density at radius 2 is 1.90 bits per heavy atom. The Morgan fingerprint density at radius 1 is 1.19 bits per heavy atom. The molecule has 2 aromatic carbocycles. The number of hydrogen-bond acceptors (Lipinski definition) is 4. The summed E-state index contributed by atoms with van der Waals surface area (Å²) in [6.45, 7) is 3.83. The lowest BCUT2D eigenvalue weighted by molar-refractivity contribution is -0.140. The van der Waals surface area contributed by atoms with Crippen LogP contribution >= 0.6 is 11.6 Å². The molecule has 5 nitrogen and oxygen atoms in total. The maximum Gasteiger partial charge on any atom is 0.255 e. The number of aliphatic hydroxyl groups is 1. The molecule has 1 amide bonds. The van der Waals surface area contributed by atoms with Crippen molar-refractivity contribution < 1.29 is 14.6 Å². The first kappa shape index (κ1) is 22.1. The van der Waals surface area contributed by atoms with Crippen LogP contribution in [-0.2, 0) is 11.3 Å². The summed E-state index contributed by atoms with van der Waals surface area (Å²) < 4.78 is 6.09. The van der Waals surface area contributed by atoms with Crippen LogP contribution in [-0.4, -0.2) is 53.6 Å². The highest BCUT2D eigenvalue weighted by molar-refractivity contribution is 6.31. The fourth-order valence-corrected chi connectivity index (χ4v) is 4.72. The minimum atomic E-state index is -1.11. The van der Waals surface area contributed by atoms with E-state index in [1.165, 1.54) is 12.8 Å². The van der Waals surface area contributed by atoms with Crippen molar-refractivity contribution in [3.8, 4) is 5.75 Å². The van der Waals surface area contributed by atoms with Gasteiger partial charge >= 0.3 is 0 Å². The first-order valence-corrected chi connectivity index (χ1v) is 11.5. The van der Waals surface area contributed by atoms with Crippen molar-refractivity contribution in [2.45, 2.75) is 44.4 Å². The lowest BCUT2D eigenvalue weighted by atomic mass is 9.82. The summed E-state index contributed by atoms with van der Waals surface area (Å²) in [4.78, 5) is 16.6. The van der Waals surface area contributed by atoms with Crippen LogP contribution in [0.1, 0.15) is 42.9 Å². The summed E-state index contributed by atoms with van der Waals surface area (Å²) in [5.41, 5.74) is 1.78. The number of nitrogens with zero attached hydrogens (tertiary/aromatic N) is 2. The van der Waals surface area contributed by atoms with E-state index in [1.54, 1.807) is 24.1 Å². The number of rotatable bonds is 8. The molecule has 0 unspecified atom stereocenters. The quantitative estimate of drug-likeness (QED) is 0.662. The number of halogens is 1. The molecule has 2 aliphatic rings. The van der Waals surface area contributed by atoms with Gasteiger partial charge in [0.2, 0.25) is 0 Å². The number of aliphatic hydroxyl groups excluding tert-OH is 1. The fourth-order valence-electron chi connectivity index (χ4n) is 4.49. The zero-order valence-electron chi connectivity index (χ0n) is 18.0. The monoisotopic (exact) mass is 442 g/mol. The summed E-state index contributed by atoms with van der Waals surface area (Å²) in [5, 5.41) is 11.1. The number of hydrogen-bond donors (Lipinski definition) is 1. The van der Waals surface area contributed by atoms with Gasteiger partial charge in [-0.1, -0.05) is 48.0 Å². The van der Waals surface area contributed by atoms with E-state index < -0.39 is 6.10 Å². The van der Waals surface area contributed by atoms with Crippen LogP contribution in [0, 0.1) is 5.92 Å². The van der Waals surface area contributed by atoms with Gasteiger partial charge in [-0.05, 0) is 68.0 Å². The fraction of sp³-hybridized carbons (Fsp3) is 0.480. The second-order valence-electron chi connectivity index (χ2n) is 8.85. The standard InChI is InChI=1S/C25H31ClN2O3/c1-27(25(30)24(29)19-7-3-2-4-8-19)16-18-13-22(14-18)31-21-10-9-20(23(26)15-21)17-28-11-5-6-12-28/h2-4,7-10,15,18,22,24,29H,5-6,11-14,16-17H2,1H3/t18?,22?,24-/m0/s1. The summed E-state index contributed by atoms with van der Waals surface area (Å²) in [6, 6.07) is 15.1. The highest BCUT2D eigenvalue weighted by Crippen LogP contribution is 2.34. The minimum absolute atomic E-state index is 0.146. The summed E-state index contributed by atoms with van der Waals surface area (Å²) >= 11 is 6.49. The van der Waals surface area contributed by atoms with Crippen LogP contribution < -0.4 is 4.74 Å². The molecule has 4 rings (SSSR count). The smallest absolute Gasteiger partial charge is 0.255 e. The van der Waals surface area contributed by atoms with Gasteiger partial charge in [0, 0.05) is 25.2 Å². The molecule has 1 atom stereocenters. The zero-order chi connectivity index (χ0) is 21.8. The largest absolute Gasteiger partial charge is 0.490 e. The van der Waals surface area contributed by atoms with Crippen molar-refractivity contribution >= 4 is 17.5 Å². The van der Waals surface area contributed by atoms with Gasteiger partial charge in [-0.3, -0.25) is 9.69 Å². The van der Waals surface area contributed by atoms with E-state index in [0.717, 1.165) is 48.8 Å². The van der Waals surface area contributed by atoms with E-state index in [1.807, 2.05) is 30.3 Å². The maximum atomic E-state index is 12.5. The van der Waals surface area contributed by atoms with Gasteiger partial charge in [0.25, 0.3) is 5.91 Å². The van der Waals surface area contributed by atoms with Crippen LogP contribution in [0.2, 0.25) is 5.02 Å². The first-order chi connectivity index (χ1) is 15.0. The molecule has 1 aliphatic carbocycles. The third-order valence-corrected chi connectivity index (χ3v) is 6.72. The molecule has 6 heteroatoms. The Bertz CT molecular complexity index is 880. The number of likely N-dealkylation sites (tertiary alicyclic amines) is 1. The summed E-state index contributed by atoms with van der Waals surface area (Å²) in [6.07, 6.45) is 3.37. The molecule has 2 aromatic rings. The maximum absolute atomic E-state index is 12.5.